The lowest BCUT2D eigenvalue weighted by Crippen LogP contribution is -2.27. The van der Waals surface area contributed by atoms with E-state index in [1.165, 1.54) is 12.8 Å². The summed E-state index contributed by atoms with van der Waals surface area (Å²) in [5.41, 5.74) is 1.10. The molecule has 1 aliphatic carbocycles. The van der Waals surface area contributed by atoms with Crippen LogP contribution in [0.3, 0.4) is 0 Å². The average Bonchev–Trinajstić information content (AvgIpc) is 3.22. The summed E-state index contributed by atoms with van der Waals surface area (Å²) in [6, 6.07) is 8.03. The fraction of sp³-hybridized carbons (Fsp3) is 0.562. The molecule has 1 N–H and O–H groups in total. The number of carbonyl (C=O) groups is 1. The molecule has 1 aromatic rings. The predicted octanol–water partition coefficient (Wildman–Crippen LogP) is 4.15. The second-order valence-corrected chi connectivity index (χ2v) is 5.73. The molecule has 0 bridgehead atoms. The molecule has 1 saturated carbocycles. The molecule has 2 rings (SSSR count). The number of rotatable bonds is 6. The Morgan fingerprint density at radius 2 is 1.89 bits per heavy atom. The van der Waals surface area contributed by atoms with Crippen LogP contribution in [0.15, 0.2) is 28.7 Å². The number of halogens is 1. The Morgan fingerprint density at radius 3 is 2.37 bits per heavy atom. The van der Waals surface area contributed by atoms with E-state index in [0.717, 1.165) is 29.0 Å². The monoisotopic (exact) mass is 325 g/mol. The van der Waals surface area contributed by atoms with Crippen LogP contribution in [0.4, 0.5) is 0 Å². The number of hydrogen-bond donors (Lipinski definition) is 1. The molecule has 1 fully saturated rings. The summed E-state index contributed by atoms with van der Waals surface area (Å²) in [6.45, 7) is 7.49. The summed E-state index contributed by atoms with van der Waals surface area (Å²) < 4.78 is 1.05. The standard InChI is InChI=1S/C14H18BrNO.C2H6/c1-10(17)14(9-16-8-11-2-3-11)12-4-6-13(15)7-5-12;1-2/h4-7,11,14,16H,2-3,8-9H2,1H3;1-2H3. The van der Waals surface area contributed by atoms with E-state index in [0.29, 0.717) is 0 Å². The van der Waals surface area contributed by atoms with Gasteiger partial charge in [-0.3, -0.25) is 4.79 Å². The summed E-state index contributed by atoms with van der Waals surface area (Å²) >= 11 is 3.41. The van der Waals surface area contributed by atoms with Gasteiger partial charge in [0.25, 0.3) is 0 Å². The van der Waals surface area contributed by atoms with E-state index in [4.69, 9.17) is 0 Å². The van der Waals surface area contributed by atoms with Crippen molar-refractivity contribution < 1.29 is 4.79 Å². The molecule has 0 amide bonds. The maximum absolute atomic E-state index is 11.7. The zero-order chi connectivity index (χ0) is 14.3. The normalized spacial score (nSPS) is 15.4. The number of hydrogen-bond acceptors (Lipinski definition) is 2. The molecule has 0 spiro atoms. The largest absolute Gasteiger partial charge is 0.315 e. The molecule has 1 aliphatic rings. The van der Waals surface area contributed by atoms with Gasteiger partial charge in [0.1, 0.15) is 5.78 Å². The number of Topliss-reactive ketones (excluding diaryl/α,β-unsaturated/α-hetero) is 1. The van der Waals surface area contributed by atoms with Gasteiger partial charge in [-0.15, -0.1) is 0 Å². The summed E-state index contributed by atoms with van der Waals surface area (Å²) in [7, 11) is 0. The number of nitrogens with one attached hydrogen (secondary N) is 1. The van der Waals surface area contributed by atoms with Crippen molar-refractivity contribution in [3.8, 4) is 0 Å². The Labute approximate surface area is 125 Å². The molecule has 19 heavy (non-hydrogen) atoms. The summed E-state index contributed by atoms with van der Waals surface area (Å²) in [5.74, 6) is 1.07. The van der Waals surface area contributed by atoms with Gasteiger partial charge in [-0.05, 0) is 49.9 Å². The van der Waals surface area contributed by atoms with Gasteiger partial charge < -0.3 is 5.32 Å². The molecule has 0 saturated heterocycles. The molecule has 2 nitrogen and oxygen atoms in total. The lowest BCUT2D eigenvalue weighted by atomic mass is 9.95. The lowest BCUT2D eigenvalue weighted by molar-refractivity contribution is -0.118. The second kappa shape index (κ2) is 8.49. The highest BCUT2D eigenvalue weighted by Gasteiger charge is 2.22. The molecule has 0 aliphatic heterocycles. The van der Waals surface area contributed by atoms with E-state index in [1.54, 1.807) is 6.92 Å². The molecule has 0 heterocycles. The van der Waals surface area contributed by atoms with Crippen LogP contribution >= 0.6 is 15.9 Å². The van der Waals surface area contributed by atoms with E-state index in [9.17, 15) is 4.79 Å². The molecule has 0 radical (unpaired) electrons. The third kappa shape index (κ3) is 5.87. The Balaban J connectivity index is 0.000000861. The first-order valence-electron chi connectivity index (χ1n) is 7.13. The third-order valence-corrected chi connectivity index (χ3v) is 3.77. The van der Waals surface area contributed by atoms with E-state index in [2.05, 4.69) is 21.2 Å². The van der Waals surface area contributed by atoms with Crippen LogP contribution in [-0.4, -0.2) is 18.9 Å². The highest BCUT2D eigenvalue weighted by atomic mass is 79.9. The van der Waals surface area contributed by atoms with Crippen LogP contribution in [0, 0.1) is 5.92 Å². The molecule has 1 atom stereocenters. The molecule has 0 aromatic heterocycles. The second-order valence-electron chi connectivity index (χ2n) is 4.82. The first-order valence-corrected chi connectivity index (χ1v) is 7.92. The number of benzene rings is 1. The lowest BCUT2D eigenvalue weighted by Gasteiger charge is -2.15. The van der Waals surface area contributed by atoms with Crippen molar-refractivity contribution in [3.05, 3.63) is 34.3 Å². The van der Waals surface area contributed by atoms with Gasteiger partial charge in [-0.1, -0.05) is 41.9 Å². The van der Waals surface area contributed by atoms with Crippen LogP contribution in [0.25, 0.3) is 0 Å². The highest BCUT2D eigenvalue weighted by molar-refractivity contribution is 9.10. The van der Waals surface area contributed by atoms with Crippen molar-refractivity contribution in [1.82, 2.24) is 5.32 Å². The predicted molar refractivity (Wildman–Crippen MR) is 84.5 cm³/mol. The van der Waals surface area contributed by atoms with Gasteiger partial charge >= 0.3 is 0 Å². The Bertz CT molecular complexity index is 384. The van der Waals surface area contributed by atoms with Gasteiger partial charge in [0.05, 0.1) is 5.92 Å². The maximum atomic E-state index is 11.7. The molecular formula is C16H24BrNO. The van der Waals surface area contributed by atoms with Crippen LogP contribution in [0.2, 0.25) is 0 Å². The molecule has 1 unspecified atom stereocenters. The van der Waals surface area contributed by atoms with E-state index < -0.39 is 0 Å². The van der Waals surface area contributed by atoms with Crippen molar-refractivity contribution in [3.63, 3.8) is 0 Å². The Hall–Kier alpha value is -0.670. The molecular weight excluding hydrogens is 302 g/mol. The Morgan fingerprint density at radius 1 is 1.32 bits per heavy atom. The minimum Gasteiger partial charge on any atom is -0.315 e. The minimum atomic E-state index is -0.0122. The van der Waals surface area contributed by atoms with Crippen molar-refractivity contribution in [2.45, 2.75) is 39.5 Å². The fourth-order valence-electron chi connectivity index (χ4n) is 1.95. The van der Waals surface area contributed by atoms with Crippen LogP contribution < -0.4 is 5.32 Å². The van der Waals surface area contributed by atoms with E-state index >= 15 is 0 Å². The van der Waals surface area contributed by atoms with Crippen molar-refractivity contribution >= 4 is 21.7 Å². The van der Waals surface area contributed by atoms with Crippen LogP contribution in [0.1, 0.15) is 45.1 Å². The number of ketones is 1. The first-order chi connectivity index (χ1) is 9.16. The molecule has 1 aromatic carbocycles. The molecule has 3 heteroatoms. The average molecular weight is 326 g/mol. The summed E-state index contributed by atoms with van der Waals surface area (Å²) in [4.78, 5) is 11.7. The van der Waals surface area contributed by atoms with Crippen LogP contribution in [-0.2, 0) is 4.79 Å². The van der Waals surface area contributed by atoms with E-state index in [1.807, 2.05) is 38.1 Å². The first kappa shape index (κ1) is 16.4. The highest BCUT2D eigenvalue weighted by Crippen LogP contribution is 2.28. The zero-order valence-electron chi connectivity index (χ0n) is 12.1. The SMILES string of the molecule is CC.CC(=O)C(CNCC1CC1)c1ccc(Br)cc1. The fourth-order valence-corrected chi connectivity index (χ4v) is 2.21. The zero-order valence-corrected chi connectivity index (χ0v) is 13.7. The number of carbonyl (C=O) groups excluding carboxylic acids is 1. The Kier molecular flexibility index (Phi) is 7.32. The maximum Gasteiger partial charge on any atom is 0.138 e. The quantitative estimate of drug-likeness (QED) is 0.851. The van der Waals surface area contributed by atoms with E-state index in [-0.39, 0.29) is 11.7 Å². The smallest absolute Gasteiger partial charge is 0.138 e. The van der Waals surface area contributed by atoms with Crippen molar-refractivity contribution in [1.29, 1.82) is 0 Å². The topological polar surface area (TPSA) is 29.1 Å². The van der Waals surface area contributed by atoms with Gasteiger partial charge in [-0.2, -0.15) is 0 Å². The van der Waals surface area contributed by atoms with Gasteiger partial charge in [-0.25, -0.2) is 0 Å². The molecule has 106 valence electrons. The minimum absolute atomic E-state index is 0.0122. The van der Waals surface area contributed by atoms with Gasteiger partial charge in [0.15, 0.2) is 0 Å². The third-order valence-electron chi connectivity index (χ3n) is 3.24. The summed E-state index contributed by atoms with van der Waals surface area (Å²) in [5, 5.41) is 3.41. The van der Waals surface area contributed by atoms with Gasteiger partial charge in [0.2, 0.25) is 0 Å². The summed E-state index contributed by atoms with van der Waals surface area (Å²) in [6.07, 6.45) is 2.69. The van der Waals surface area contributed by atoms with Crippen LogP contribution in [0.5, 0.6) is 0 Å². The van der Waals surface area contributed by atoms with Crippen molar-refractivity contribution in [2.24, 2.45) is 5.92 Å². The van der Waals surface area contributed by atoms with Gasteiger partial charge in [0, 0.05) is 11.0 Å². The van der Waals surface area contributed by atoms with Crippen molar-refractivity contribution in [2.75, 3.05) is 13.1 Å².